The number of primary amides is 1. The largest absolute Gasteiger partial charge is 0.497 e. The Morgan fingerprint density at radius 3 is 1.80 bits per heavy atom. The molecule has 0 spiro atoms. The topological polar surface area (TPSA) is 161 Å². The molecule has 4 atom stereocenters. The number of benzene rings is 6. The fourth-order valence-electron chi connectivity index (χ4n) is 7.57. The number of ether oxygens (including phenoxy) is 4. The molecule has 0 aliphatic heterocycles. The molecule has 284 valence electrons. The molecule has 0 bridgehead atoms. The molecule has 0 fully saturated rings. The van der Waals surface area contributed by atoms with Crippen molar-refractivity contribution in [1.82, 2.24) is 5.32 Å². The fraction of sp³-hybridized carbons (Fsp3) is 0.174. The first-order valence-corrected chi connectivity index (χ1v) is 18.3. The molecule has 1 aliphatic rings. The van der Waals surface area contributed by atoms with E-state index in [1.54, 1.807) is 54.6 Å². The Bertz CT molecular complexity index is 2260. The van der Waals surface area contributed by atoms with E-state index >= 15 is 0 Å². The molecule has 10 nitrogen and oxygen atoms in total. The van der Waals surface area contributed by atoms with Crippen molar-refractivity contribution < 1.29 is 28.5 Å². The van der Waals surface area contributed by atoms with Crippen molar-refractivity contribution in [3.63, 3.8) is 0 Å². The van der Waals surface area contributed by atoms with Gasteiger partial charge in [0.25, 0.3) is 5.91 Å². The van der Waals surface area contributed by atoms with Crippen molar-refractivity contribution in [3.05, 3.63) is 185 Å². The Kier molecular flexibility index (Phi) is 11.0. The molecule has 0 radical (unpaired) electrons. The van der Waals surface area contributed by atoms with E-state index in [9.17, 15) is 9.59 Å². The van der Waals surface area contributed by atoms with E-state index in [1.165, 1.54) is 14.2 Å². The molecule has 7 rings (SSSR count). The maximum absolute atomic E-state index is 14.3. The highest BCUT2D eigenvalue weighted by molar-refractivity contribution is 5.88. The first-order valence-electron chi connectivity index (χ1n) is 18.3. The van der Waals surface area contributed by atoms with Crippen molar-refractivity contribution in [2.75, 3.05) is 20.8 Å². The zero-order valence-corrected chi connectivity index (χ0v) is 31.1. The second kappa shape index (κ2) is 16.4. The summed E-state index contributed by atoms with van der Waals surface area (Å²) in [5.41, 5.74) is 24.9. The van der Waals surface area contributed by atoms with Crippen molar-refractivity contribution in [2.45, 2.75) is 29.6 Å². The maximum atomic E-state index is 14.3. The lowest BCUT2D eigenvalue weighted by Gasteiger charge is -2.43. The number of amides is 2. The van der Waals surface area contributed by atoms with Crippen LogP contribution in [-0.4, -0.2) is 38.4 Å². The maximum Gasteiger partial charge on any atom is 0.407 e. The van der Waals surface area contributed by atoms with Crippen LogP contribution in [0.4, 0.5) is 4.79 Å². The number of nitrogens with two attached hydrogens (primary N) is 3. The molecular weight excluding hydrogens is 705 g/mol. The van der Waals surface area contributed by atoms with Gasteiger partial charge in [0.1, 0.15) is 29.9 Å². The Labute approximate surface area is 326 Å². The van der Waals surface area contributed by atoms with Crippen LogP contribution in [0.5, 0.6) is 17.2 Å². The molecule has 7 N–H and O–H groups in total. The Balaban J connectivity index is 1.30. The third-order valence-electron chi connectivity index (χ3n) is 10.5. The average molecular weight is 749 g/mol. The second-order valence-corrected chi connectivity index (χ2v) is 13.6. The molecule has 6 aromatic carbocycles. The lowest BCUT2D eigenvalue weighted by Crippen LogP contribution is -2.63. The van der Waals surface area contributed by atoms with Crippen molar-refractivity contribution in [3.8, 4) is 28.4 Å². The van der Waals surface area contributed by atoms with Crippen molar-refractivity contribution in [2.24, 2.45) is 17.2 Å². The number of fused-ring (bicyclic) bond motifs is 3. The van der Waals surface area contributed by atoms with Crippen molar-refractivity contribution >= 4 is 12.0 Å². The number of carbonyl (C=O) groups is 2. The van der Waals surface area contributed by atoms with Gasteiger partial charge in [0.15, 0.2) is 0 Å². The minimum absolute atomic E-state index is 0.0185. The summed E-state index contributed by atoms with van der Waals surface area (Å²) >= 11 is 0. The average Bonchev–Trinajstić information content (AvgIpc) is 3.57. The number of alkyl carbamates (subject to hydrolysis) is 1. The molecule has 56 heavy (non-hydrogen) atoms. The Hall–Kier alpha value is -6.62. The summed E-state index contributed by atoms with van der Waals surface area (Å²) in [5.74, 6) is -0.107. The number of para-hydroxylation sites is 1. The van der Waals surface area contributed by atoms with Crippen LogP contribution in [0.25, 0.3) is 11.1 Å². The number of methoxy groups -OCH3 is 2. The number of carbonyl (C=O) groups excluding carboxylic acids is 2. The zero-order valence-electron chi connectivity index (χ0n) is 31.1. The molecule has 0 saturated carbocycles. The SMILES string of the molecule is COc1ccc(C(NC(=O)OCC2c3ccccc3-c3ccccc32)C(Oc2ccccc2)(C(N)=O)C(N)c2ccc(C(N)c3ccccc3)cc2)c(OC)c1. The van der Waals surface area contributed by atoms with Crippen LogP contribution in [0.3, 0.4) is 0 Å². The van der Waals surface area contributed by atoms with E-state index in [2.05, 4.69) is 17.4 Å². The van der Waals surface area contributed by atoms with Crippen LogP contribution in [0.1, 0.15) is 57.4 Å². The minimum atomic E-state index is -2.17. The van der Waals surface area contributed by atoms with E-state index in [1.807, 2.05) is 84.9 Å². The van der Waals surface area contributed by atoms with Crippen LogP contribution in [0, 0.1) is 0 Å². The van der Waals surface area contributed by atoms with Crippen LogP contribution >= 0.6 is 0 Å². The van der Waals surface area contributed by atoms with Gasteiger partial charge in [-0.15, -0.1) is 0 Å². The summed E-state index contributed by atoms with van der Waals surface area (Å²) in [4.78, 5) is 28.5. The molecule has 0 saturated heterocycles. The molecule has 2 amide bonds. The molecule has 0 aromatic heterocycles. The number of hydrogen-bond acceptors (Lipinski definition) is 8. The third-order valence-corrected chi connectivity index (χ3v) is 10.5. The van der Waals surface area contributed by atoms with Gasteiger partial charge in [-0.1, -0.05) is 121 Å². The predicted octanol–water partition coefficient (Wildman–Crippen LogP) is 7.33. The van der Waals surface area contributed by atoms with Gasteiger partial charge in [-0.3, -0.25) is 4.79 Å². The predicted molar refractivity (Wildman–Crippen MR) is 215 cm³/mol. The van der Waals surface area contributed by atoms with Gasteiger partial charge in [-0.05, 0) is 63.2 Å². The smallest absolute Gasteiger partial charge is 0.407 e. The minimum Gasteiger partial charge on any atom is -0.497 e. The first-order chi connectivity index (χ1) is 27.2. The monoisotopic (exact) mass is 748 g/mol. The third kappa shape index (κ3) is 7.27. The molecule has 0 heterocycles. The number of rotatable bonds is 14. The molecule has 1 aliphatic carbocycles. The van der Waals surface area contributed by atoms with Gasteiger partial charge >= 0.3 is 6.09 Å². The highest BCUT2D eigenvalue weighted by Crippen LogP contribution is 2.46. The van der Waals surface area contributed by atoms with E-state index in [0.717, 1.165) is 33.4 Å². The second-order valence-electron chi connectivity index (χ2n) is 13.6. The van der Waals surface area contributed by atoms with E-state index < -0.39 is 35.7 Å². The highest BCUT2D eigenvalue weighted by Gasteiger charge is 2.55. The summed E-state index contributed by atoms with van der Waals surface area (Å²) in [7, 11) is 3.00. The first kappa shape index (κ1) is 37.7. The van der Waals surface area contributed by atoms with Gasteiger partial charge < -0.3 is 41.5 Å². The molecular formula is C46H44N4O6. The van der Waals surface area contributed by atoms with Crippen LogP contribution < -0.4 is 36.7 Å². The van der Waals surface area contributed by atoms with Gasteiger partial charge in [0, 0.05) is 17.5 Å². The van der Waals surface area contributed by atoms with E-state index in [0.29, 0.717) is 16.9 Å². The Morgan fingerprint density at radius 1 is 0.661 bits per heavy atom. The fourth-order valence-corrected chi connectivity index (χ4v) is 7.57. The number of hydrogen-bond donors (Lipinski definition) is 4. The van der Waals surface area contributed by atoms with Crippen molar-refractivity contribution in [1.29, 1.82) is 0 Å². The van der Waals surface area contributed by atoms with Crippen LogP contribution in [-0.2, 0) is 9.53 Å². The normalized spacial score (nSPS) is 14.6. The lowest BCUT2D eigenvalue weighted by molar-refractivity contribution is -0.139. The summed E-state index contributed by atoms with van der Waals surface area (Å²) in [6, 6.07) is 43.7. The number of nitrogens with one attached hydrogen (secondary N) is 1. The van der Waals surface area contributed by atoms with Crippen LogP contribution in [0.15, 0.2) is 152 Å². The van der Waals surface area contributed by atoms with Gasteiger partial charge in [0.2, 0.25) is 5.60 Å². The van der Waals surface area contributed by atoms with Gasteiger partial charge in [-0.25, -0.2) is 4.79 Å². The summed E-state index contributed by atoms with van der Waals surface area (Å²) in [5, 5.41) is 2.95. The van der Waals surface area contributed by atoms with E-state index in [4.69, 9.17) is 36.1 Å². The summed E-state index contributed by atoms with van der Waals surface area (Å²) in [6.45, 7) is 0.0185. The summed E-state index contributed by atoms with van der Waals surface area (Å²) in [6.07, 6.45) is -0.826. The summed E-state index contributed by atoms with van der Waals surface area (Å²) < 4.78 is 24.0. The van der Waals surface area contributed by atoms with Gasteiger partial charge in [0.05, 0.1) is 26.3 Å². The molecule has 6 aromatic rings. The highest BCUT2D eigenvalue weighted by atomic mass is 16.6. The van der Waals surface area contributed by atoms with Crippen LogP contribution in [0.2, 0.25) is 0 Å². The molecule has 10 heteroatoms. The zero-order chi connectivity index (χ0) is 39.2. The van der Waals surface area contributed by atoms with E-state index in [-0.39, 0.29) is 24.0 Å². The standard InChI is InChI=1S/C46H44N4O6/c1-53-33-25-26-38(40(27-33)54-2)43(50-45(52)55-28-39-36-19-11-9-17-34(36)35-18-10-12-20-37(35)39)46(44(49)51,56-32-15-7-4-8-16-32)42(48)31-23-21-30(22-24-31)41(47)29-13-5-3-6-14-29/h3-27,39,41-43H,28,47-48H2,1-2H3,(H2,49,51)(H,50,52). The lowest BCUT2D eigenvalue weighted by atomic mass is 9.78. The van der Waals surface area contributed by atoms with Gasteiger partial charge in [-0.2, -0.15) is 0 Å². The quantitative estimate of drug-likeness (QED) is 0.0901. The Morgan fingerprint density at radius 2 is 1.21 bits per heavy atom. The molecule has 4 unspecified atom stereocenters.